The first-order valence-electron chi connectivity index (χ1n) is 6.71. The largest absolute Gasteiger partial charge is 0.383 e. The molecule has 0 bridgehead atoms. The maximum absolute atomic E-state index is 11.7. The van der Waals surface area contributed by atoms with Crippen LogP contribution in [0.4, 0.5) is 5.13 Å². The Balaban J connectivity index is 1.88. The molecule has 0 radical (unpaired) electrons. The zero-order valence-electron chi connectivity index (χ0n) is 12.2. The Hall–Kier alpha value is -1.76. The van der Waals surface area contributed by atoms with Crippen molar-refractivity contribution in [2.45, 2.75) is 6.92 Å². The number of nitrogens with one attached hydrogen (secondary N) is 2. The maximum atomic E-state index is 11.7. The molecule has 2 aromatic rings. The molecular formula is C15H19N3O2S. The molecule has 0 fully saturated rings. The van der Waals surface area contributed by atoms with Crippen LogP contribution in [0, 0.1) is 6.92 Å². The molecule has 2 rings (SSSR count). The Morgan fingerprint density at radius 2 is 2.10 bits per heavy atom. The zero-order chi connectivity index (χ0) is 15.1. The van der Waals surface area contributed by atoms with E-state index in [9.17, 15) is 4.79 Å². The van der Waals surface area contributed by atoms with Crippen LogP contribution in [0.3, 0.4) is 0 Å². The number of carbonyl (C=O) groups is 1. The molecule has 0 aliphatic rings. The highest BCUT2D eigenvalue weighted by Gasteiger charge is 2.07. The summed E-state index contributed by atoms with van der Waals surface area (Å²) in [5.41, 5.74) is 3.14. The molecule has 0 aliphatic heterocycles. The number of anilines is 1. The van der Waals surface area contributed by atoms with Crippen LogP contribution in [0.5, 0.6) is 0 Å². The van der Waals surface area contributed by atoms with Crippen molar-refractivity contribution < 1.29 is 9.53 Å². The zero-order valence-corrected chi connectivity index (χ0v) is 13.0. The SMILES string of the molecule is COCCNCC(=O)Nc1nc(-c2ccc(C)cc2)cs1. The Labute approximate surface area is 128 Å². The molecule has 1 aromatic heterocycles. The summed E-state index contributed by atoms with van der Waals surface area (Å²) in [6, 6.07) is 8.16. The van der Waals surface area contributed by atoms with Gasteiger partial charge in [0.25, 0.3) is 0 Å². The van der Waals surface area contributed by atoms with E-state index in [0.717, 1.165) is 11.3 Å². The predicted molar refractivity (Wildman–Crippen MR) is 85.7 cm³/mol. The Bertz CT molecular complexity index is 581. The van der Waals surface area contributed by atoms with Crippen LogP contribution in [0.25, 0.3) is 11.3 Å². The number of hydrogen-bond donors (Lipinski definition) is 2. The molecule has 2 N–H and O–H groups in total. The molecule has 0 saturated heterocycles. The summed E-state index contributed by atoms with van der Waals surface area (Å²) in [4.78, 5) is 16.1. The molecule has 0 saturated carbocycles. The number of rotatable bonds is 7. The van der Waals surface area contributed by atoms with Crippen LogP contribution in [-0.2, 0) is 9.53 Å². The number of nitrogens with zero attached hydrogens (tertiary/aromatic N) is 1. The molecule has 5 nitrogen and oxygen atoms in total. The first-order chi connectivity index (χ1) is 10.2. The van der Waals surface area contributed by atoms with Gasteiger partial charge < -0.3 is 15.4 Å². The fourth-order valence-corrected chi connectivity index (χ4v) is 2.46. The van der Waals surface area contributed by atoms with E-state index in [4.69, 9.17) is 4.74 Å². The predicted octanol–water partition coefficient (Wildman–Crippen LogP) is 2.29. The van der Waals surface area contributed by atoms with Crippen LogP contribution in [0.1, 0.15) is 5.56 Å². The van der Waals surface area contributed by atoms with Crippen LogP contribution >= 0.6 is 11.3 Å². The highest BCUT2D eigenvalue weighted by atomic mass is 32.1. The number of hydrogen-bond acceptors (Lipinski definition) is 5. The number of thiazole rings is 1. The van der Waals surface area contributed by atoms with Crippen molar-refractivity contribution in [2.75, 3.05) is 32.1 Å². The number of ether oxygens (including phenoxy) is 1. The normalized spacial score (nSPS) is 10.6. The van der Waals surface area contributed by atoms with Gasteiger partial charge in [0.2, 0.25) is 5.91 Å². The summed E-state index contributed by atoms with van der Waals surface area (Å²) in [5.74, 6) is -0.101. The van der Waals surface area contributed by atoms with Gasteiger partial charge in [0, 0.05) is 24.6 Å². The molecule has 1 aromatic carbocycles. The van der Waals surface area contributed by atoms with Crippen molar-refractivity contribution in [3.63, 3.8) is 0 Å². The smallest absolute Gasteiger partial charge is 0.240 e. The van der Waals surface area contributed by atoms with Crippen LogP contribution in [-0.4, -0.2) is 37.7 Å². The minimum absolute atomic E-state index is 0.101. The number of benzene rings is 1. The molecule has 0 atom stereocenters. The lowest BCUT2D eigenvalue weighted by atomic mass is 10.1. The van der Waals surface area contributed by atoms with Crippen LogP contribution < -0.4 is 10.6 Å². The van der Waals surface area contributed by atoms with Gasteiger partial charge in [-0.2, -0.15) is 0 Å². The minimum Gasteiger partial charge on any atom is -0.383 e. The van der Waals surface area contributed by atoms with Gasteiger partial charge in [-0.1, -0.05) is 29.8 Å². The summed E-state index contributed by atoms with van der Waals surface area (Å²) in [7, 11) is 1.63. The summed E-state index contributed by atoms with van der Waals surface area (Å²) >= 11 is 1.43. The number of carbonyl (C=O) groups excluding carboxylic acids is 1. The molecule has 112 valence electrons. The van der Waals surface area contributed by atoms with Gasteiger partial charge in [-0.15, -0.1) is 11.3 Å². The summed E-state index contributed by atoms with van der Waals surface area (Å²) in [6.07, 6.45) is 0. The number of aromatic nitrogens is 1. The minimum atomic E-state index is -0.101. The van der Waals surface area contributed by atoms with Gasteiger partial charge >= 0.3 is 0 Å². The molecule has 0 unspecified atom stereocenters. The van der Waals surface area contributed by atoms with E-state index in [1.54, 1.807) is 7.11 Å². The van der Waals surface area contributed by atoms with Gasteiger partial charge in [0.1, 0.15) is 0 Å². The van der Waals surface area contributed by atoms with Crippen molar-refractivity contribution in [3.8, 4) is 11.3 Å². The number of amides is 1. The summed E-state index contributed by atoms with van der Waals surface area (Å²) in [5, 5.41) is 8.33. The van der Waals surface area contributed by atoms with Crippen molar-refractivity contribution in [3.05, 3.63) is 35.2 Å². The number of aryl methyl sites for hydroxylation is 1. The van der Waals surface area contributed by atoms with Gasteiger partial charge in [0.15, 0.2) is 5.13 Å². The summed E-state index contributed by atoms with van der Waals surface area (Å²) < 4.78 is 4.90. The fourth-order valence-electron chi connectivity index (χ4n) is 1.73. The van der Waals surface area contributed by atoms with E-state index < -0.39 is 0 Å². The summed E-state index contributed by atoms with van der Waals surface area (Å²) in [6.45, 7) is 3.54. The second-order valence-electron chi connectivity index (χ2n) is 4.62. The van der Waals surface area contributed by atoms with Crippen molar-refractivity contribution in [1.82, 2.24) is 10.3 Å². The standard InChI is InChI=1S/C15H19N3O2S/c1-11-3-5-12(6-4-11)13-10-21-15(17-13)18-14(19)9-16-7-8-20-2/h3-6,10,16H,7-9H2,1-2H3,(H,17,18,19). The first-order valence-corrected chi connectivity index (χ1v) is 7.59. The Morgan fingerprint density at radius 3 is 2.81 bits per heavy atom. The quantitative estimate of drug-likeness (QED) is 0.771. The average Bonchev–Trinajstić information content (AvgIpc) is 2.93. The Kier molecular flexibility index (Phi) is 5.86. The second-order valence-corrected chi connectivity index (χ2v) is 5.48. The topological polar surface area (TPSA) is 63.2 Å². The average molecular weight is 305 g/mol. The maximum Gasteiger partial charge on any atom is 0.240 e. The molecule has 1 heterocycles. The molecule has 0 aliphatic carbocycles. The van der Waals surface area contributed by atoms with E-state index in [2.05, 4.69) is 15.6 Å². The third-order valence-corrected chi connectivity index (χ3v) is 3.62. The molecular weight excluding hydrogens is 286 g/mol. The second kappa shape index (κ2) is 7.87. The highest BCUT2D eigenvalue weighted by Crippen LogP contribution is 2.24. The van der Waals surface area contributed by atoms with Crippen LogP contribution in [0.2, 0.25) is 0 Å². The van der Waals surface area contributed by atoms with Crippen molar-refractivity contribution >= 4 is 22.4 Å². The van der Waals surface area contributed by atoms with Gasteiger partial charge in [-0.25, -0.2) is 4.98 Å². The van der Waals surface area contributed by atoms with Crippen molar-refractivity contribution in [2.24, 2.45) is 0 Å². The van der Waals surface area contributed by atoms with Crippen LogP contribution in [0.15, 0.2) is 29.6 Å². The van der Waals surface area contributed by atoms with E-state index in [0.29, 0.717) is 18.3 Å². The monoisotopic (exact) mass is 305 g/mol. The van der Waals surface area contributed by atoms with Crippen molar-refractivity contribution in [1.29, 1.82) is 0 Å². The first kappa shape index (κ1) is 15.6. The third-order valence-electron chi connectivity index (χ3n) is 2.87. The lowest BCUT2D eigenvalue weighted by Crippen LogP contribution is -2.30. The molecule has 21 heavy (non-hydrogen) atoms. The van der Waals surface area contributed by atoms with Gasteiger partial charge in [-0.05, 0) is 6.92 Å². The van der Waals surface area contributed by atoms with Gasteiger partial charge in [0.05, 0.1) is 18.8 Å². The highest BCUT2D eigenvalue weighted by molar-refractivity contribution is 7.14. The van der Waals surface area contributed by atoms with Gasteiger partial charge in [-0.3, -0.25) is 4.79 Å². The molecule has 6 heteroatoms. The van der Waals surface area contributed by atoms with E-state index in [1.165, 1.54) is 16.9 Å². The molecule has 1 amide bonds. The van der Waals surface area contributed by atoms with E-state index in [1.807, 2.05) is 36.6 Å². The lowest BCUT2D eigenvalue weighted by Gasteiger charge is -2.03. The van der Waals surface area contributed by atoms with E-state index in [-0.39, 0.29) is 12.5 Å². The lowest BCUT2D eigenvalue weighted by molar-refractivity contribution is -0.115. The Morgan fingerprint density at radius 1 is 1.33 bits per heavy atom. The number of methoxy groups -OCH3 is 1. The fraction of sp³-hybridized carbons (Fsp3) is 0.333. The molecule has 0 spiro atoms. The van der Waals surface area contributed by atoms with E-state index >= 15 is 0 Å². The third kappa shape index (κ3) is 4.93.